The van der Waals surface area contributed by atoms with E-state index in [2.05, 4.69) is 24.3 Å². The van der Waals surface area contributed by atoms with Crippen LogP contribution in [0.1, 0.15) is 38.5 Å². The van der Waals surface area contributed by atoms with Crippen molar-refractivity contribution in [1.29, 1.82) is 0 Å². The molecule has 0 spiro atoms. The third-order valence-corrected chi connectivity index (χ3v) is 4.62. The van der Waals surface area contributed by atoms with Crippen molar-refractivity contribution in [3.8, 4) is 0 Å². The fraction of sp³-hybridized carbons (Fsp3) is 1.00. The molecule has 2 fully saturated rings. The lowest BCUT2D eigenvalue weighted by Gasteiger charge is -2.37. The van der Waals surface area contributed by atoms with E-state index in [1.807, 2.05) is 0 Å². The Labute approximate surface area is 106 Å². The standard InChI is InChI=1S/C14H28N2O/c1-16(2)14(7-3-4-8-14)12-15-10-13-6-5-9-17-11-13/h13,15H,3-12H2,1-2H3. The number of hydrogen-bond donors (Lipinski definition) is 1. The first kappa shape index (κ1) is 13.3. The SMILES string of the molecule is CN(C)C1(CNCC2CCCOC2)CCCC1. The molecule has 0 amide bonds. The molecule has 2 rings (SSSR count). The van der Waals surface area contributed by atoms with Crippen LogP contribution in [0.3, 0.4) is 0 Å². The Kier molecular flexibility index (Phi) is 4.83. The Balaban J connectivity index is 1.72. The molecule has 2 aliphatic rings. The van der Waals surface area contributed by atoms with E-state index in [4.69, 9.17) is 4.74 Å². The van der Waals surface area contributed by atoms with Crippen molar-refractivity contribution in [1.82, 2.24) is 10.2 Å². The van der Waals surface area contributed by atoms with Gasteiger partial charge in [0.1, 0.15) is 0 Å². The first-order valence-electron chi connectivity index (χ1n) is 7.19. The molecule has 1 aliphatic carbocycles. The van der Waals surface area contributed by atoms with E-state index in [-0.39, 0.29) is 0 Å². The summed E-state index contributed by atoms with van der Waals surface area (Å²) in [5.74, 6) is 0.740. The van der Waals surface area contributed by atoms with Gasteiger partial charge in [0.05, 0.1) is 6.61 Å². The summed E-state index contributed by atoms with van der Waals surface area (Å²) in [4.78, 5) is 2.43. The van der Waals surface area contributed by atoms with Gasteiger partial charge in [0, 0.05) is 25.2 Å². The maximum atomic E-state index is 5.53. The van der Waals surface area contributed by atoms with E-state index in [0.29, 0.717) is 5.54 Å². The highest BCUT2D eigenvalue weighted by molar-refractivity contribution is 4.94. The lowest BCUT2D eigenvalue weighted by atomic mass is 9.95. The van der Waals surface area contributed by atoms with Crippen LogP contribution in [0.5, 0.6) is 0 Å². The van der Waals surface area contributed by atoms with Crippen molar-refractivity contribution >= 4 is 0 Å². The average molecular weight is 240 g/mol. The molecule has 1 saturated carbocycles. The highest BCUT2D eigenvalue weighted by atomic mass is 16.5. The number of nitrogens with one attached hydrogen (secondary N) is 1. The van der Waals surface area contributed by atoms with E-state index < -0.39 is 0 Å². The van der Waals surface area contributed by atoms with Gasteiger partial charge in [-0.3, -0.25) is 0 Å². The Bertz CT molecular complexity index is 218. The summed E-state index contributed by atoms with van der Waals surface area (Å²) in [6.45, 7) is 4.21. The van der Waals surface area contributed by atoms with Gasteiger partial charge in [0.15, 0.2) is 0 Å². The van der Waals surface area contributed by atoms with Crippen molar-refractivity contribution in [3.63, 3.8) is 0 Å². The van der Waals surface area contributed by atoms with E-state index >= 15 is 0 Å². The third kappa shape index (κ3) is 3.43. The van der Waals surface area contributed by atoms with Gasteiger partial charge in [-0.2, -0.15) is 0 Å². The molecule has 17 heavy (non-hydrogen) atoms. The molecule has 1 N–H and O–H groups in total. The minimum atomic E-state index is 0.426. The second-order valence-electron chi connectivity index (χ2n) is 6.04. The molecule has 100 valence electrons. The third-order valence-electron chi connectivity index (χ3n) is 4.62. The second-order valence-corrected chi connectivity index (χ2v) is 6.04. The molecule has 1 saturated heterocycles. The van der Waals surface area contributed by atoms with Crippen LogP contribution in [-0.4, -0.2) is 50.8 Å². The summed E-state index contributed by atoms with van der Waals surface area (Å²) in [6, 6.07) is 0. The second kappa shape index (κ2) is 6.17. The van der Waals surface area contributed by atoms with Gasteiger partial charge in [-0.15, -0.1) is 0 Å². The highest BCUT2D eigenvalue weighted by Crippen LogP contribution is 2.33. The van der Waals surface area contributed by atoms with E-state index in [9.17, 15) is 0 Å². The van der Waals surface area contributed by atoms with Crippen molar-refractivity contribution in [3.05, 3.63) is 0 Å². The molecular weight excluding hydrogens is 212 g/mol. The summed E-state index contributed by atoms with van der Waals surface area (Å²) in [5, 5.41) is 3.70. The molecule has 0 aromatic carbocycles. The molecule has 0 bridgehead atoms. The molecule has 1 aliphatic heterocycles. The summed E-state index contributed by atoms with van der Waals surface area (Å²) in [6.07, 6.45) is 8.08. The maximum Gasteiger partial charge on any atom is 0.0506 e. The Morgan fingerprint density at radius 2 is 2.00 bits per heavy atom. The van der Waals surface area contributed by atoms with Crippen LogP contribution in [0.4, 0.5) is 0 Å². The molecule has 1 heterocycles. The zero-order valence-corrected chi connectivity index (χ0v) is 11.5. The van der Waals surface area contributed by atoms with Crippen LogP contribution in [0.2, 0.25) is 0 Å². The minimum absolute atomic E-state index is 0.426. The Hall–Kier alpha value is -0.120. The number of nitrogens with zero attached hydrogens (tertiary/aromatic N) is 1. The van der Waals surface area contributed by atoms with Gasteiger partial charge in [-0.25, -0.2) is 0 Å². The predicted molar refractivity (Wildman–Crippen MR) is 71.3 cm³/mol. The fourth-order valence-corrected chi connectivity index (χ4v) is 3.29. The lowest BCUT2D eigenvalue weighted by molar-refractivity contribution is 0.0525. The zero-order valence-electron chi connectivity index (χ0n) is 11.5. The number of ether oxygens (including phenoxy) is 1. The predicted octanol–water partition coefficient (Wildman–Crippen LogP) is 1.88. The van der Waals surface area contributed by atoms with Gasteiger partial charge in [0.2, 0.25) is 0 Å². The number of rotatable bonds is 5. The first-order chi connectivity index (χ1) is 8.23. The average Bonchev–Trinajstić information content (AvgIpc) is 2.80. The molecule has 0 aromatic rings. The van der Waals surface area contributed by atoms with Gasteiger partial charge in [-0.05, 0) is 45.7 Å². The molecule has 1 atom stereocenters. The van der Waals surface area contributed by atoms with Gasteiger partial charge in [0.25, 0.3) is 0 Å². The molecular formula is C14H28N2O. The largest absolute Gasteiger partial charge is 0.381 e. The Morgan fingerprint density at radius 1 is 1.24 bits per heavy atom. The zero-order chi connectivity index (χ0) is 12.1. The van der Waals surface area contributed by atoms with Crippen LogP contribution in [0.15, 0.2) is 0 Å². The smallest absolute Gasteiger partial charge is 0.0506 e. The normalized spacial score (nSPS) is 28.8. The molecule has 3 heteroatoms. The summed E-state index contributed by atoms with van der Waals surface area (Å²) in [5.41, 5.74) is 0.426. The molecule has 1 unspecified atom stereocenters. The van der Waals surface area contributed by atoms with Crippen LogP contribution in [0.25, 0.3) is 0 Å². The van der Waals surface area contributed by atoms with Crippen molar-refractivity contribution in [2.24, 2.45) is 5.92 Å². The van der Waals surface area contributed by atoms with E-state index in [1.165, 1.54) is 38.5 Å². The number of hydrogen-bond acceptors (Lipinski definition) is 3. The van der Waals surface area contributed by atoms with Crippen LogP contribution >= 0.6 is 0 Å². The van der Waals surface area contributed by atoms with Crippen molar-refractivity contribution in [2.75, 3.05) is 40.4 Å². The Morgan fingerprint density at radius 3 is 2.59 bits per heavy atom. The van der Waals surface area contributed by atoms with E-state index in [0.717, 1.165) is 32.2 Å². The van der Waals surface area contributed by atoms with Gasteiger partial charge >= 0.3 is 0 Å². The topological polar surface area (TPSA) is 24.5 Å². The summed E-state index contributed by atoms with van der Waals surface area (Å²) < 4.78 is 5.53. The van der Waals surface area contributed by atoms with Crippen molar-refractivity contribution in [2.45, 2.75) is 44.1 Å². The van der Waals surface area contributed by atoms with Gasteiger partial charge < -0.3 is 15.0 Å². The molecule has 3 nitrogen and oxygen atoms in total. The minimum Gasteiger partial charge on any atom is -0.381 e. The summed E-state index contributed by atoms with van der Waals surface area (Å²) >= 11 is 0. The van der Waals surface area contributed by atoms with Gasteiger partial charge in [-0.1, -0.05) is 12.8 Å². The highest BCUT2D eigenvalue weighted by Gasteiger charge is 2.35. The van der Waals surface area contributed by atoms with E-state index in [1.54, 1.807) is 0 Å². The lowest BCUT2D eigenvalue weighted by Crippen LogP contribution is -2.50. The number of likely N-dealkylation sites (N-methyl/N-ethyl adjacent to an activating group) is 1. The summed E-state index contributed by atoms with van der Waals surface area (Å²) in [7, 11) is 4.47. The molecule has 0 aromatic heterocycles. The van der Waals surface area contributed by atoms with Crippen LogP contribution < -0.4 is 5.32 Å². The molecule has 0 radical (unpaired) electrons. The first-order valence-corrected chi connectivity index (χ1v) is 7.19. The maximum absolute atomic E-state index is 5.53. The van der Waals surface area contributed by atoms with Crippen molar-refractivity contribution < 1.29 is 4.74 Å². The fourth-order valence-electron chi connectivity index (χ4n) is 3.29. The monoisotopic (exact) mass is 240 g/mol. The van der Waals surface area contributed by atoms with Crippen LogP contribution in [0, 0.1) is 5.92 Å². The van der Waals surface area contributed by atoms with Crippen LogP contribution in [-0.2, 0) is 4.74 Å². The quantitative estimate of drug-likeness (QED) is 0.794.